The molecule has 0 amide bonds. The molecule has 0 aromatic heterocycles. The molecule has 2 rings (SSSR count). The van der Waals surface area contributed by atoms with Crippen molar-refractivity contribution in [2.45, 2.75) is 13.8 Å². The number of rotatable bonds is 3. The maximum Gasteiger partial charge on any atom is 0.338 e. The molecule has 0 bridgehead atoms. The first-order valence-electron chi connectivity index (χ1n) is 6.21. The molecule has 19 heavy (non-hydrogen) atoms. The molecular weight excluding hydrogens is 266 g/mol. The predicted molar refractivity (Wildman–Crippen MR) is 72.7 cm³/mol. The molecule has 0 saturated carbocycles. The molecule has 1 heterocycles. The fraction of sp³-hybridized carbons (Fsp3) is 0.462. The number of hydrogen-bond acceptors (Lipinski definition) is 4. The summed E-state index contributed by atoms with van der Waals surface area (Å²) in [5.41, 5.74) is 1.02. The summed E-state index contributed by atoms with van der Waals surface area (Å²) in [6.07, 6.45) is 0. The van der Waals surface area contributed by atoms with Crippen LogP contribution in [-0.4, -0.2) is 33.3 Å². The van der Waals surface area contributed by atoms with Crippen LogP contribution in [-0.2, 0) is 14.8 Å². The van der Waals surface area contributed by atoms with E-state index in [-0.39, 0.29) is 11.7 Å². The van der Waals surface area contributed by atoms with Crippen molar-refractivity contribution in [2.75, 3.05) is 23.2 Å². The summed E-state index contributed by atoms with van der Waals surface area (Å²) in [5.74, 6) is -0.103. The second-order valence-corrected chi connectivity index (χ2v) is 6.62. The van der Waals surface area contributed by atoms with Crippen LogP contribution in [0.25, 0.3) is 0 Å². The third-order valence-corrected chi connectivity index (χ3v) is 5.00. The van der Waals surface area contributed by atoms with Crippen molar-refractivity contribution >= 4 is 21.7 Å². The van der Waals surface area contributed by atoms with Crippen molar-refractivity contribution in [2.24, 2.45) is 5.92 Å². The van der Waals surface area contributed by atoms with Crippen molar-refractivity contribution in [1.29, 1.82) is 0 Å². The first-order valence-corrected chi connectivity index (χ1v) is 7.82. The lowest BCUT2D eigenvalue weighted by Gasteiger charge is -2.17. The Labute approximate surface area is 113 Å². The Morgan fingerprint density at radius 1 is 1.37 bits per heavy atom. The number of carbonyl (C=O) groups excluding carboxylic acids is 1. The van der Waals surface area contributed by atoms with Gasteiger partial charge in [-0.3, -0.25) is 4.31 Å². The summed E-state index contributed by atoms with van der Waals surface area (Å²) >= 11 is 0. The fourth-order valence-corrected chi connectivity index (χ4v) is 4.07. The molecule has 1 unspecified atom stereocenters. The molecule has 1 fully saturated rings. The van der Waals surface area contributed by atoms with Crippen LogP contribution >= 0.6 is 0 Å². The Morgan fingerprint density at radius 3 is 2.47 bits per heavy atom. The third kappa shape index (κ3) is 2.89. The van der Waals surface area contributed by atoms with Crippen LogP contribution < -0.4 is 4.31 Å². The van der Waals surface area contributed by atoms with E-state index in [4.69, 9.17) is 4.74 Å². The van der Waals surface area contributed by atoms with Gasteiger partial charge in [-0.05, 0) is 37.1 Å². The Morgan fingerprint density at radius 2 is 2.00 bits per heavy atom. The van der Waals surface area contributed by atoms with Crippen LogP contribution in [0.1, 0.15) is 24.2 Å². The van der Waals surface area contributed by atoms with Gasteiger partial charge in [0.15, 0.2) is 0 Å². The summed E-state index contributed by atoms with van der Waals surface area (Å²) in [6.45, 7) is 4.45. The van der Waals surface area contributed by atoms with Crippen molar-refractivity contribution < 1.29 is 17.9 Å². The molecule has 6 heteroatoms. The highest BCUT2D eigenvalue weighted by molar-refractivity contribution is 7.93. The summed E-state index contributed by atoms with van der Waals surface area (Å²) in [7, 11) is -3.22. The van der Waals surface area contributed by atoms with E-state index in [1.165, 1.54) is 4.31 Å². The maximum absolute atomic E-state index is 11.9. The van der Waals surface area contributed by atoms with Gasteiger partial charge in [0, 0.05) is 6.54 Å². The lowest BCUT2D eigenvalue weighted by atomic mass is 10.2. The first kappa shape index (κ1) is 13.9. The van der Waals surface area contributed by atoms with E-state index < -0.39 is 16.0 Å². The normalized spacial score (nSPS) is 21.4. The lowest BCUT2D eigenvalue weighted by Crippen LogP contribution is -2.25. The maximum atomic E-state index is 11.9. The molecule has 0 N–H and O–H groups in total. The van der Waals surface area contributed by atoms with Crippen LogP contribution in [0.2, 0.25) is 0 Å². The summed E-state index contributed by atoms with van der Waals surface area (Å²) in [6, 6.07) is 6.46. The van der Waals surface area contributed by atoms with Gasteiger partial charge in [0.05, 0.1) is 23.6 Å². The second-order valence-electron chi connectivity index (χ2n) is 4.68. The second kappa shape index (κ2) is 5.21. The Hall–Kier alpha value is -1.56. The minimum atomic E-state index is -3.22. The molecule has 1 saturated heterocycles. The van der Waals surface area contributed by atoms with E-state index in [0.29, 0.717) is 24.4 Å². The molecule has 1 aliphatic heterocycles. The van der Waals surface area contributed by atoms with E-state index in [1.807, 2.05) is 6.92 Å². The van der Waals surface area contributed by atoms with E-state index >= 15 is 0 Å². The van der Waals surface area contributed by atoms with Gasteiger partial charge in [-0.2, -0.15) is 0 Å². The number of ether oxygens (including phenoxy) is 1. The van der Waals surface area contributed by atoms with Gasteiger partial charge >= 0.3 is 5.97 Å². The summed E-state index contributed by atoms with van der Waals surface area (Å²) in [5, 5.41) is 0. The average molecular weight is 283 g/mol. The highest BCUT2D eigenvalue weighted by atomic mass is 32.2. The fourth-order valence-electron chi connectivity index (χ4n) is 2.14. The molecule has 1 aliphatic rings. The SMILES string of the molecule is CCOC(=O)c1ccc(N2CC(C)CS2(=O)=O)cc1. The Balaban J connectivity index is 2.22. The minimum Gasteiger partial charge on any atom is -0.462 e. The molecule has 5 nitrogen and oxygen atoms in total. The predicted octanol–water partition coefficient (Wildman–Crippen LogP) is 1.65. The zero-order valence-corrected chi connectivity index (χ0v) is 11.8. The molecule has 1 aromatic rings. The van der Waals surface area contributed by atoms with Crippen LogP contribution in [0.5, 0.6) is 0 Å². The number of anilines is 1. The molecular formula is C13H17NO4S. The molecule has 1 aromatic carbocycles. The highest BCUT2D eigenvalue weighted by Gasteiger charge is 2.33. The van der Waals surface area contributed by atoms with Gasteiger partial charge in [-0.15, -0.1) is 0 Å². The van der Waals surface area contributed by atoms with Gasteiger partial charge in [-0.1, -0.05) is 6.92 Å². The molecule has 1 atom stereocenters. The van der Waals surface area contributed by atoms with Crippen LogP contribution in [0.3, 0.4) is 0 Å². The average Bonchev–Trinajstić information content (AvgIpc) is 2.63. The van der Waals surface area contributed by atoms with Gasteiger partial charge < -0.3 is 4.74 Å². The quantitative estimate of drug-likeness (QED) is 0.791. The van der Waals surface area contributed by atoms with Gasteiger partial charge in [0.1, 0.15) is 0 Å². The van der Waals surface area contributed by atoms with Gasteiger partial charge in [0.25, 0.3) is 0 Å². The van der Waals surface area contributed by atoms with Gasteiger partial charge in [0.2, 0.25) is 10.0 Å². The number of esters is 1. The van der Waals surface area contributed by atoms with E-state index in [9.17, 15) is 13.2 Å². The van der Waals surface area contributed by atoms with Crippen LogP contribution in [0.4, 0.5) is 5.69 Å². The smallest absolute Gasteiger partial charge is 0.338 e. The summed E-state index contributed by atoms with van der Waals surface area (Å²) < 4.78 is 30.1. The molecule has 0 aliphatic carbocycles. The van der Waals surface area contributed by atoms with E-state index in [1.54, 1.807) is 31.2 Å². The van der Waals surface area contributed by atoms with E-state index in [2.05, 4.69) is 0 Å². The number of hydrogen-bond donors (Lipinski definition) is 0. The number of nitrogens with zero attached hydrogens (tertiary/aromatic N) is 1. The van der Waals surface area contributed by atoms with Crippen molar-refractivity contribution in [3.05, 3.63) is 29.8 Å². The van der Waals surface area contributed by atoms with Crippen molar-refractivity contribution in [1.82, 2.24) is 0 Å². The van der Waals surface area contributed by atoms with E-state index in [0.717, 1.165) is 0 Å². The number of sulfonamides is 1. The molecule has 104 valence electrons. The largest absolute Gasteiger partial charge is 0.462 e. The molecule has 0 radical (unpaired) electrons. The topological polar surface area (TPSA) is 63.7 Å². The zero-order chi connectivity index (χ0) is 14.0. The summed E-state index contributed by atoms with van der Waals surface area (Å²) in [4.78, 5) is 11.5. The number of carbonyl (C=O) groups is 1. The van der Waals surface area contributed by atoms with Crippen molar-refractivity contribution in [3.8, 4) is 0 Å². The lowest BCUT2D eigenvalue weighted by molar-refractivity contribution is 0.0526. The Bertz CT molecular complexity index is 565. The minimum absolute atomic E-state index is 0.120. The third-order valence-electron chi connectivity index (χ3n) is 2.97. The number of benzene rings is 1. The molecule has 0 spiro atoms. The standard InChI is InChI=1S/C13H17NO4S/c1-3-18-13(15)11-4-6-12(7-5-11)14-8-10(2)9-19(14,16)17/h4-7,10H,3,8-9H2,1-2H3. The van der Waals surface area contributed by atoms with Crippen LogP contribution in [0, 0.1) is 5.92 Å². The highest BCUT2D eigenvalue weighted by Crippen LogP contribution is 2.27. The monoisotopic (exact) mass is 283 g/mol. The Kier molecular flexibility index (Phi) is 3.80. The van der Waals surface area contributed by atoms with Crippen LogP contribution in [0.15, 0.2) is 24.3 Å². The first-order chi connectivity index (χ1) is 8.94. The van der Waals surface area contributed by atoms with Crippen molar-refractivity contribution in [3.63, 3.8) is 0 Å². The zero-order valence-electron chi connectivity index (χ0n) is 11.0. The van der Waals surface area contributed by atoms with Gasteiger partial charge in [-0.25, -0.2) is 13.2 Å².